The van der Waals surface area contributed by atoms with Crippen molar-refractivity contribution in [2.24, 2.45) is 4.99 Å². The van der Waals surface area contributed by atoms with E-state index in [4.69, 9.17) is 19.2 Å². The lowest BCUT2D eigenvalue weighted by Gasteiger charge is -2.40. The summed E-state index contributed by atoms with van der Waals surface area (Å²) in [6.45, 7) is 11.4. The Hall–Kier alpha value is -1.90. The second-order valence-electron chi connectivity index (χ2n) is 8.65. The number of hydrogen-bond acceptors (Lipinski definition) is 6. The number of pyridine rings is 1. The Morgan fingerprint density at radius 1 is 1.17 bits per heavy atom. The van der Waals surface area contributed by atoms with Gasteiger partial charge in [0.1, 0.15) is 11.9 Å². The van der Waals surface area contributed by atoms with Crippen molar-refractivity contribution in [3.63, 3.8) is 0 Å². The third-order valence-corrected chi connectivity index (χ3v) is 6.12. The quantitative estimate of drug-likeness (QED) is 0.575. The highest BCUT2D eigenvalue weighted by atomic mass is 16.6. The van der Waals surface area contributed by atoms with E-state index in [0.29, 0.717) is 26.3 Å². The number of nitrogens with zero attached hydrogens (tertiary/aromatic N) is 4. The van der Waals surface area contributed by atoms with Gasteiger partial charge in [0.2, 0.25) is 0 Å². The summed E-state index contributed by atoms with van der Waals surface area (Å²) in [5, 5.41) is 3.57. The second kappa shape index (κ2) is 9.94. The molecule has 3 aliphatic heterocycles. The zero-order valence-corrected chi connectivity index (χ0v) is 18.3. The maximum Gasteiger partial charge on any atom is 0.194 e. The number of hydrogen-bond donors (Lipinski definition) is 1. The number of guanidine groups is 1. The molecule has 2 unspecified atom stereocenters. The minimum absolute atomic E-state index is 0.00557. The first-order valence-corrected chi connectivity index (χ1v) is 11.2. The van der Waals surface area contributed by atoms with E-state index in [9.17, 15) is 0 Å². The van der Waals surface area contributed by atoms with Gasteiger partial charge in [0.05, 0.1) is 31.5 Å². The van der Waals surface area contributed by atoms with Gasteiger partial charge in [-0.25, -0.2) is 4.98 Å². The van der Waals surface area contributed by atoms with Gasteiger partial charge in [-0.1, -0.05) is 6.07 Å². The van der Waals surface area contributed by atoms with Crippen LogP contribution in [0.5, 0.6) is 0 Å². The van der Waals surface area contributed by atoms with Crippen molar-refractivity contribution >= 4 is 11.8 Å². The van der Waals surface area contributed by atoms with Gasteiger partial charge in [0, 0.05) is 45.5 Å². The van der Waals surface area contributed by atoms with Crippen LogP contribution in [0.2, 0.25) is 0 Å². The van der Waals surface area contributed by atoms with E-state index in [1.54, 1.807) is 0 Å². The number of rotatable bonds is 5. The maximum atomic E-state index is 5.98. The van der Waals surface area contributed by atoms with E-state index in [1.165, 1.54) is 0 Å². The fourth-order valence-electron chi connectivity index (χ4n) is 4.21. The molecule has 4 rings (SSSR count). The molecule has 8 heteroatoms. The van der Waals surface area contributed by atoms with Crippen molar-refractivity contribution in [2.45, 2.75) is 44.5 Å². The summed E-state index contributed by atoms with van der Waals surface area (Å²) >= 11 is 0. The molecule has 1 aromatic heterocycles. The molecule has 0 aromatic carbocycles. The molecule has 3 fully saturated rings. The van der Waals surface area contributed by atoms with Gasteiger partial charge >= 0.3 is 0 Å². The number of nitrogens with one attached hydrogen (secondary N) is 1. The smallest absolute Gasteiger partial charge is 0.194 e. The molecule has 0 radical (unpaired) electrons. The van der Waals surface area contributed by atoms with Crippen molar-refractivity contribution in [2.75, 3.05) is 64.0 Å². The number of aromatic nitrogens is 1. The Balaban J connectivity index is 1.38. The summed E-state index contributed by atoms with van der Waals surface area (Å²) in [5.74, 6) is 1.98. The highest BCUT2D eigenvalue weighted by Crippen LogP contribution is 2.22. The molecule has 30 heavy (non-hydrogen) atoms. The lowest BCUT2D eigenvalue weighted by Crippen LogP contribution is -2.57. The monoisotopic (exact) mass is 417 g/mol. The van der Waals surface area contributed by atoms with E-state index < -0.39 is 0 Å². The van der Waals surface area contributed by atoms with E-state index >= 15 is 0 Å². The molecule has 1 aromatic rings. The summed E-state index contributed by atoms with van der Waals surface area (Å²) in [6.07, 6.45) is 4.31. The molecule has 3 saturated heterocycles. The van der Waals surface area contributed by atoms with Crippen LogP contribution in [0.1, 0.15) is 26.7 Å². The lowest BCUT2D eigenvalue weighted by molar-refractivity contribution is -0.183. The van der Waals surface area contributed by atoms with Crippen LogP contribution < -0.4 is 10.2 Å². The Kier molecular flexibility index (Phi) is 7.07. The molecule has 1 N–H and O–H groups in total. The topological polar surface area (TPSA) is 71.5 Å². The average molecular weight is 418 g/mol. The van der Waals surface area contributed by atoms with E-state index in [0.717, 1.165) is 57.4 Å². The van der Waals surface area contributed by atoms with Gasteiger partial charge in [-0.2, -0.15) is 0 Å². The molecular weight excluding hydrogens is 382 g/mol. The van der Waals surface area contributed by atoms with E-state index in [1.807, 2.05) is 18.3 Å². The molecule has 0 aliphatic carbocycles. The minimum atomic E-state index is -0.303. The number of piperazine rings is 1. The molecule has 0 saturated carbocycles. The third kappa shape index (κ3) is 5.42. The van der Waals surface area contributed by atoms with Crippen molar-refractivity contribution in [3.05, 3.63) is 24.4 Å². The zero-order chi connectivity index (χ0) is 20.8. The highest BCUT2D eigenvalue weighted by Gasteiger charge is 2.35. The van der Waals surface area contributed by atoms with Crippen LogP contribution in [0.4, 0.5) is 5.82 Å². The van der Waals surface area contributed by atoms with Crippen molar-refractivity contribution < 1.29 is 14.2 Å². The highest BCUT2D eigenvalue weighted by molar-refractivity contribution is 5.80. The largest absolute Gasteiger partial charge is 0.376 e. The standard InChI is InChI=1S/C22H35N5O3/c1-22(2)19(29-14-15-30-22)17-25-21(24-16-18-6-5-13-28-18)27-11-9-26(10-12-27)20-7-3-4-8-23-20/h3-4,7-8,18-19H,5-6,9-17H2,1-2H3,(H,24,25). The van der Waals surface area contributed by atoms with Crippen LogP contribution in [0.25, 0.3) is 0 Å². The van der Waals surface area contributed by atoms with Crippen LogP contribution >= 0.6 is 0 Å². The van der Waals surface area contributed by atoms with Crippen LogP contribution in [0, 0.1) is 0 Å². The van der Waals surface area contributed by atoms with Gasteiger partial charge in [0.25, 0.3) is 0 Å². The fraction of sp³-hybridized carbons (Fsp3) is 0.727. The molecule has 0 amide bonds. The summed E-state index contributed by atoms with van der Waals surface area (Å²) in [4.78, 5) is 14.1. The van der Waals surface area contributed by atoms with Crippen LogP contribution in [0.3, 0.4) is 0 Å². The summed E-state index contributed by atoms with van der Waals surface area (Å²) < 4.78 is 17.7. The van der Waals surface area contributed by atoms with Gasteiger partial charge in [-0.05, 0) is 38.8 Å². The lowest BCUT2D eigenvalue weighted by atomic mass is 10.0. The molecular formula is C22H35N5O3. The minimum Gasteiger partial charge on any atom is -0.376 e. The predicted octanol–water partition coefficient (Wildman–Crippen LogP) is 1.52. The number of anilines is 1. The molecule has 2 atom stereocenters. The first-order chi connectivity index (χ1) is 14.6. The number of aliphatic imine (C=N–C) groups is 1. The Bertz CT molecular complexity index is 685. The Labute approximate surface area is 179 Å². The van der Waals surface area contributed by atoms with E-state index in [-0.39, 0.29) is 17.8 Å². The third-order valence-electron chi connectivity index (χ3n) is 6.12. The van der Waals surface area contributed by atoms with Crippen molar-refractivity contribution in [1.82, 2.24) is 15.2 Å². The van der Waals surface area contributed by atoms with Gasteiger partial charge < -0.3 is 29.3 Å². The second-order valence-corrected chi connectivity index (χ2v) is 8.65. The molecule has 8 nitrogen and oxygen atoms in total. The first kappa shape index (κ1) is 21.3. The Morgan fingerprint density at radius 2 is 2.03 bits per heavy atom. The fourth-order valence-corrected chi connectivity index (χ4v) is 4.21. The van der Waals surface area contributed by atoms with E-state index in [2.05, 4.69) is 40.0 Å². The summed E-state index contributed by atoms with van der Waals surface area (Å²) in [5.41, 5.74) is -0.303. The van der Waals surface area contributed by atoms with Crippen molar-refractivity contribution in [3.8, 4) is 0 Å². The van der Waals surface area contributed by atoms with Crippen LogP contribution in [-0.2, 0) is 14.2 Å². The van der Waals surface area contributed by atoms with Gasteiger partial charge in [-0.3, -0.25) is 4.99 Å². The van der Waals surface area contributed by atoms with Gasteiger partial charge in [-0.15, -0.1) is 0 Å². The molecule has 0 bridgehead atoms. The first-order valence-electron chi connectivity index (χ1n) is 11.2. The van der Waals surface area contributed by atoms with Crippen LogP contribution in [-0.4, -0.2) is 92.7 Å². The average Bonchev–Trinajstić information content (AvgIpc) is 3.29. The predicted molar refractivity (Wildman–Crippen MR) is 117 cm³/mol. The maximum absolute atomic E-state index is 5.98. The molecule has 3 aliphatic rings. The zero-order valence-electron chi connectivity index (χ0n) is 18.3. The Morgan fingerprint density at radius 3 is 2.73 bits per heavy atom. The SMILES string of the molecule is CC1(C)OCCOC1CNC(=NCC1CCCO1)N1CCN(c2ccccn2)CC1. The normalized spacial score (nSPS) is 27.3. The van der Waals surface area contributed by atoms with Crippen molar-refractivity contribution in [1.29, 1.82) is 0 Å². The summed E-state index contributed by atoms with van der Waals surface area (Å²) in [6, 6.07) is 6.07. The molecule has 166 valence electrons. The van der Waals surface area contributed by atoms with Gasteiger partial charge in [0.15, 0.2) is 5.96 Å². The molecule has 4 heterocycles. The number of ether oxygens (including phenoxy) is 3. The van der Waals surface area contributed by atoms with Crippen LogP contribution in [0.15, 0.2) is 29.4 Å². The molecule has 0 spiro atoms. The summed E-state index contributed by atoms with van der Waals surface area (Å²) in [7, 11) is 0.